The molecule has 1 rings (SSSR count). The lowest BCUT2D eigenvalue weighted by Gasteiger charge is -2.44. The molecule has 0 aromatic carbocycles. The smallest absolute Gasteiger partial charge is 0.303 e. The first kappa shape index (κ1) is 22.6. The summed E-state index contributed by atoms with van der Waals surface area (Å²) in [5.74, 6) is -2.65. The van der Waals surface area contributed by atoms with E-state index in [1.807, 2.05) is 0 Å². The van der Waals surface area contributed by atoms with Gasteiger partial charge < -0.3 is 28.5 Å². The zero-order valence-electron chi connectivity index (χ0n) is 15.7. The molecule has 10 nitrogen and oxygen atoms in total. The fraction of sp³-hybridized carbons (Fsp3) is 0.706. The molecule has 0 bridgehead atoms. The number of aldehydes is 1. The van der Waals surface area contributed by atoms with Gasteiger partial charge >= 0.3 is 23.9 Å². The van der Waals surface area contributed by atoms with E-state index in [1.165, 1.54) is 6.92 Å². The molecule has 0 aromatic heterocycles. The second-order valence-corrected chi connectivity index (χ2v) is 5.98. The number of carbonyl (C=O) groups is 5. The molecule has 1 aliphatic heterocycles. The molecule has 0 spiro atoms. The third-order valence-corrected chi connectivity index (χ3v) is 3.66. The van der Waals surface area contributed by atoms with Gasteiger partial charge in [0.05, 0.1) is 6.10 Å². The van der Waals surface area contributed by atoms with E-state index in [1.54, 1.807) is 0 Å². The largest absolute Gasteiger partial charge is 0.463 e. The highest BCUT2D eigenvalue weighted by Gasteiger charge is 2.51. The summed E-state index contributed by atoms with van der Waals surface area (Å²) in [5.41, 5.74) is 0. The van der Waals surface area contributed by atoms with Crippen LogP contribution in [-0.4, -0.2) is 67.3 Å². The molecule has 0 saturated carbocycles. The Morgan fingerprint density at radius 2 is 1.26 bits per heavy atom. The quantitative estimate of drug-likeness (QED) is 0.320. The van der Waals surface area contributed by atoms with Crippen LogP contribution in [0, 0.1) is 0 Å². The van der Waals surface area contributed by atoms with Crippen LogP contribution in [0.25, 0.3) is 0 Å². The molecule has 0 radical (unpaired) electrons. The maximum Gasteiger partial charge on any atom is 0.303 e. The number of hydrogen-bond donors (Lipinski definition) is 0. The maximum absolute atomic E-state index is 11.6. The van der Waals surface area contributed by atoms with Gasteiger partial charge in [-0.05, 0) is 6.42 Å². The lowest BCUT2D eigenvalue weighted by Crippen LogP contribution is -2.62. The molecule has 0 N–H and O–H groups in total. The van der Waals surface area contributed by atoms with Crippen molar-refractivity contribution in [1.82, 2.24) is 0 Å². The van der Waals surface area contributed by atoms with Crippen LogP contribution in [0.1, 0.15) is 40.5 Å². The average molecular weight is 388 g/mol. The zero-order chi connectivity index (χ0) is 20.6. The minimum absolute atomic E-state index is 0.0910. The molecule has 0 amide bonds. The highest BCUT2D eigenvalue weighted by atomic mass is 16.7. The molecular weight excluding hydrogens is 364 g/mol. The summed E-state index contributed by atoms with van der Waals surface area (Å²) in [5, 5.41) is 0. The highest BCUT2D eigenvalue weighted by Crippen LogP contribution is 2.31. The van der Waals surface area contributed by atoms with Gasteiger partial charge in [-0.25, -0.2) is 0 Å². The zero-order valence-corrected chi connectivity index (χ0v) is 15.7. The van der Waals surface area contributed by atoms with Crippen molar-refractivity contribution >= 4 is 30.2 Å². The van der Waals surface area contributed by atoms with Crippen LogP contribution >= 0.6 is 0 Å². The average Bonchev–Trinajstić information content (AvgIpc) is 2.54. The predicted molar refractivity (Wildman–Crippen MR) is 87.3 cm³/mol. The second-order valence-electron chi connectivity index (χ2n) is 5.98. The van der Waals surface area contributed by atoms with Crippen molar-refractivity contribution < 1.29 is 47.7 Å². The van der Waals surface area contributed by atoms with Crippen molar-refractivity contribution in [3.05, 3.63) is 0 Å². The number of hydrogen-bond acceptors (Lipinski definition) is 10. The standard InChI is InChI=1S/C17H24O10/c1-9(19)23-8-14-16(25-11(3)21)17(26-12(4)22)15(24-10(2)20)13(27-14)6-5-7-18/h7,13-17H,5-6,8H2,1-4H3/t13-,14+,15-,16+,17+/m0/s1. The molecule has 152 valence electrons. The van der Waals surface area contributed by atoms with Gasteiger partial charge in [0.2, 0.25) is 0 Å². The van der Waals surface area contributed by atoms with E-state index in [9.17, 15) is 24.0 Å². The Balaban J connectivity index is 3.24. The van der Waals surface area contributed by atoms with Crippen LogP contribution in [0.5, 0.6) is 0 Å². The normalized spacial score (nSPS) is 27.2. The maximum atomic E-state index is 11.6. The van der Waals surface area contributed by atoms with Gasteiger partial charge in [-0.15, -0.1) is 0 Å². The molecule has 1 saturated heterocycles. The van der Waals surface area contributed by atoms with E-state index < -0.39 is 54.4 Å². The van der Waals surface area contributed by atoms with Crippen molar-refractivity contribution in [3.8, 4) is 0 Å². The molecular formula is C17H24O10. The van der Waals surface area contributed by atoms with Crippen LogP contribution in [0.15, 0.2) is 0 Å². The third kappa shape index (κ3) is 7.33. The number of rotatable bonds is 8. The number of carbonyl (C=O) groups excluding carboxylic acids is 5. The summed E-state index contributed by atoms with van der Waals surface area (Å²) in [6.45, 7) is 4.36. The second kappa shape index (κ2) is 10.6. The summed E-state index contributed by atoms with van der Waals surface area (Å²) in [6, 6.07) is 0. The Morgan fingerprint density at radius 1 is 0.778 bits per heavy atom. The highest BCUT2D eigenvalue weighted by molar-refractivity contribution is 5.68. The Labute approximate surface area is 156 Å². The third-order valence-electron chi connectivity index (χ3n) is 3.66. The summed E-state index contributed by atoms with van der Waals surface area (Å²) in [6.07, 6.45) is -4.39. The van der Waals surface area contributed by atoms with Crippen molar-refractivity contribution in [2.45, 2.75) is 71.1 Å². The minimum atomic E-state index is -1.19. The topological polar surface area (TPSA) is 132 Å². The van der Waals surface area contributed by atoms with Gasteiger partial charge in [-0.2, -0.15) is 0 Å². The van der Waals surface area contributed by atoms with Crippen LogP contribution in [0.3, 0.4) is 0 Å². The summed E-state index contributed by atoms with van der Waals surface area (Å²) < 4.78 is 26.5. The van der Waals surface area contributed by atoms with Crippen LogP contribution < -0.4 is 0 Å². The van der Waals surface area contributed by atoms with Crippen molar-refractivity contribution in [2.75, 3.05) is 6.61 Å². The monoisotopic (exact) mass is 388 g/mol. The number of esters is 4. The molecule has 1 aliphatic rings. The first-order chi connectivity index (χ1) is 12.6. The molecule has 0 aliphatic carbocycles. The van der Waals surface area contributed by atoms with Crippen molar-refractivity contribution in [3.63, 3.8) is 0 Å². The Morgan fingerprint density at radius 3 is 1.70 bits per heavy atom. The fourth-order valence-electron chi connectivity index (χ4n) is 2.78. The van der Waals surface area contributed by atoms with E-state index in [0.717, 1.165) is 20.8 Å². The molecule has 27 heavy (non-hydrogen) atoms. The summed E-state index contributed by atoms with van der Waals surface area (Å²) in [4.78, 5) is 56.5. The number of ether oxygens (including phenoxy) is 5. The van der Waals surface area contributed by atoms with Crippen LogP contribution in [0.4, 0.5) is 0 Å². The van der Waals surface area contributed by atoms with Crippen LogP contribution in [0.2, 0.25) is 0 Å². The summed E-state index contributed by atoms with van der Waals surface area (Å²) in [7, 11) is 0. The Bertz CT molecular complexity index is 572. The van der Waals surface area contributed by atoms with E-state index in [2.05, 4.69) is 0 Å². The van der Waals surface area contributed by atoms with Gasteiger partial charge in [-0.1, -0.05) is 0 Å². The van der Waals surface area contributed by atoms with E-state index in [-0.39, 0.29) is 19.4 Å². The van der Waals surface area contributed by atoms with Gasteiger partial charge in [0.1, 0.15) is 19.0 Å². The minimum Gasteiger partial charge on any atom is -0.463 e. The van der Waals surface area contributed by atoms with Crippen LogP contribution in [-0.2, 0) is 47.7 Å². The molecule has 1 fully saturated rings. The van der Waals surface area contributed by atoms with Crippen molar-refractivity contribution in [1.29, 1.82) is 0 Å². The first-order valence-corrected chi connectivity index (χ1v) is 8.39. The predicted octanol–water partition coefficient (Wildman–Crippen LogP) is 0.0911. The molecule has 0 aromatic rings. The lowest BCUT2D eigenvalue weighted by atomic mass is 9.92. The van der Waals surface area contributed by atoms with E-state index in [4.69, 9.17) is 23.7 Å². The van der Waals surface area contributed by atoms with E-state index in [0.29, 0.717) is 6.29 Å². The Kier molecular flexibility index (Phi) is 8.86. The Hall–Kier alpha value is -2.49. The fourth-order valence-corrected chi connectivity index (χ4v) is 2.78. The molecule has 10 heteroatoms. The lowest BCUT2D eigenvalue weighted by molar-refractivity contribution is -0.253. The SMILES string of the molecule is CC(=O)OC[C@H]1O[C@@H](CCC=O)[C@H](OC(C)=O)[C@@H](OC(C)=O)[C@@H]1OC(C)=O. The molecule has 1 heterocycles. The van der Waals surface area contributed by atoms with Gasteiger partial charge in [0.25, 0.3) is 0 Å². The van der Waals surface area contributed by atoms with E-state index >= 15 is 0 Å². The summed E-state index contributed by atoms with van der Waals surface area (Å²) >= 11 is 0. The van der Waals surface area contributed by atoms with Gasteiger partial charge in [0.15, 0.2) is 18.3 Å². The van der Waals surface area contributed by atoms with Gasteiger partial charge in [0, 0.05) is 34.1 Å². The first-order valence-electron chi connectivity index (χ1n) is 8.39. The van der Waals surface area contributed by atoms with Gasteiger partial charge in [-0.3, -0.25) is 19.2 Å². The molecule has 0 unspecified atom stereocenters. The molecule has 5 atom stereocenters. The van der Waals surface area contributed by atoms with Crippen molar-refractivity contribution in [2.24, 2.45) is 0 Å².